The van der Waals surface area contributed by atoms with Crippen molar-refractivity contribution in [1.82, 2.24) is 9.21 Å². The maximum atomic E-state index is 12.7. The van der Waals surface area contributed by atoms with Crippen molar-refractivity contribution in [3.63, 3.8) is 0 Å². The Balaban J connectivity index is 1.60. The first-order valence-corrected chi connectivity index (χ1v) is 10.7. The first-order valence-electron chi connectivity index (χ1n) is 8.89. The average Bonchev–Trinajstić information content (AvgIpc) is 3.06. The molecule has 1 aromatic carbocycles. The van der Waals surface area contributed by atoms with Gasteiger partial charge in [0, 0.05) is 50.4 Å². The minimum atomic E-state index is -3.19. The van der Waals surface area contributed by atoms with Gasteiger partial charge in [0.1, 0.15) is 0 Å². The third-order valence-electron chi connectivity index (χ3n) is 5.18. The van der Waals surface area contributed by atoms with Crippen LogP contribution in [0.2, 0.25) is 0 Å². The van der Waals surface area contributed by atoms with E-state index in [-0.39, 0.29) is 11.9 Å². The molecule has 1 saturated heterocycles. The number of rotatable bonds is 4. The van der Waals surface area contributed by atoms with Crippen molar-refractivity contribution in [2.75, 3.05) is 37.9 Å². The van der Waals surface area contributed by atoms with E-state index in [0.29, 0.717) is 31.5 Å². The first-order chi connectivity index (χ1) is 12.3. The van der Waals surface area contributed by atoms with E-state index in [1.165, 1.54) is 10.6 Å². The van der Waals surface area contributed by atoms with Crippen LogP contribution in [0.1, 0.15) is 36.5 Å². The number of piperidine rings is 1. The molecule has 2 aliphatic rings. The van der Waals surface area contributed by atoms with Crippen molar-refractivity contribution >= 4 is 27.3 Å². The number of hydrogen-bond donors (Lipinski definition) is 0. The van der Waals surface area contributed by atoms with E-state index >= 15 is 0 Å². The molecule has 0 saturated carbocycles. The quantitative estimate of drug-likeness (QED) is 0.800. The fourth-order valence-electron chi connectivity index (χ4n) is 3.42. The summed E-state index contributed by atoms with van der Waals surface area (Å²) in [5, 5.41) is 6.42. The molecule has 0 N–H and O–H groups in total. The molecule has 1 amide bonds. The van der Waals surface area contributed by atoms with E-state index < -0.39 is 10.0 Å². The maximum absolute atomic E-state index is 12.7. The normalized spacial score (nSPS) is 19.2. The summed E-state index contributed by atoms with van der Waals surface area (Å²) >= 11 is 0. The Labute approximate surface area is 155 Å². The lowest BCUT2D eigenvalue weighted by Gasteiger charge is -2.35. The summed E-state index contributed by atoms with van der Waals surface area (Å²) in [6.45, 7) is 4.03. The highest BCUT2D eigenvalue weighted by Crippen LogP contribution is 2.22. The van der Waals surface area contributed by atoms with Crippen LogP contribution in [0, 0.1) is 0 Å². The third kappa shape index (κ3) is 4.07. The molecule has 7 nitrogen and oxygen atoms in total. The van der Waals surface area contributed by atoms with Gasteiger partial charge in [0.25, 0.3) is 5.91 Å². The Morgan fingerprint density at radius 2 is 1.77 bits per heavy atom. The van der Waals surface area contributed by atoms with Gasteiger partial charge in [-0.05, 0) is 44.0 Å². The molecule has 8 heteroatoms. The van der Waals surface area contributed by atoms with Gasteiger partial charge in [0.2, 0.25) is 10.0 Å². The molecule has 3 rings (SSSR count). The molecule has 0 atom stereocenters. The standard InChI is InChI=1S/C18H26N4O3S/c1-14-8-13-22(19-14)17-6-4-15(5-7-17)18(23)21-11-9-16(10-12-21)20(2)26(3,24)25/h4-7,16H,8-13H2,1-3H3. The lowest BCUT2D eigenvalue weighted by Crippen LogP contribution is -2.47. The first kappa shape index (κ1) is 18.8. The number of carbonyl (C=O) groups excluding carboxylic acids is 1. The van der Waals surface area contributed by atoms with Crippen molar-refractivity contribution < 1.29 is 13.2 Å². The number of carbonyl (C=O) groups is 1. The number of sulfonamides is 1. The molecule has 0 spiro atoms. The number of amides is 1. The predicted molar refractivity (Wildman–Crippen MR) is 103 cm³/mol. The molecular weight excluding hydrogens is 352 g/mol. The Morgan fingerprint density at radius 1 is 1.15 bits per heavy atom. The Bertz CT molecular complexity index is 796. The topological polar surface area (TPSA) is 73.3 Å². The largest absolute Gasteiger partial charge is 0.339 e. The summed E-state index contributed by atoms with van der Waals surface area (Å²) in [4.78, 5) is 14.5. The van der Waals surface area contributed by atoms with E-state index in [2.05, 4.69) is 5.10 Å². The van der Waals surface area contributed by atoms with Gasteiger partial charge in [-0.25, -0.2) is 12.7 Å². The molecule has 142 valence electrons. The van der Waals surface area contributed by atoms with Crippen molar-refractivity contribution in [2.24, 2.45) is 5.10 Å². The summed E-state index contributed by atoms with van der Waals surface area (Å²) in [7, 11) is -1.58. The number of hydrogen-bond acceptors (Lipinski definition) is 5. The molecule has 1 fully saturated rings. The minimum Gasteiger partial charge on any atom is -0.339 e. The number of likely N-dealkylation sites (tertiary alicyclic amines) is 1. The second-order valence-electron chi connectivity index (χ2n) is 7.06. The van der Waals surface area contributed by atoms with Crippen molar-refractivity contribution in [2.45, 2.75) is 32.2 Å². The molecule has 0 aromatic heterocycles. The molecule has 26 heavy (non-hydrogen) atoms. The monoisotopic (exact) mass is 378 g/mol. The SMILES string of the molecule is CC1=NN(c2ccc(C(=O)N3CCC(N(C)S(C)(=O)=O)CC3)cc2)CC1. The van der Waals surface area contributed by atoms with Gasteiger partial charge >= 0.3 is 0 Å². The van der Waals surface area contributed by atoms with Gasteiger partial charge in [0.15, 0.2) is 0 Å². The summed E-state index contributed by atoms with van der Waals surface area (Å²) in [5.41, 5.74) is 2.77. The lowest BCUT2D eigenvalue weighted by atomic mass is 10.0. The molecule has 2 heterocycles. The summed E-state index contributed by atoms with van der Waals surface area (Å²) in [5.74, 6) is -0.00175. The Hall–Kier alpha value is -1.93. The van der Waals surface area contributed by atoms with Crippen LogP contribution in [0.3, 0.4) is 0 Å². The minimum absolute atomic E-state index is 0.00175. The number of anilines is 1. The predicted octanol–water partition coefficient (Wildman–Crippen LogP) is 1.77. The van der Waals surface area contributed by atoms with Crippen LogP contribution < -0.4 is 5.01 Å². The average molecular weight is 378 g/mol. The van der Waals surface area contributed by atoms with Gasteiger partial charge in [-0.15, -0.1) is 0 Å². The molecule has 0 unspecified atom stereocenters. The van der Waals surface area contributed by atoms with Gasteiger partial charge in [0.05, 0.1) is 11.9 Å². The summed E-state index contributed by atoms with van der Waals surface area (Å²) < 4.78 is 24.7. The van der Waals surface area contributed by atoms with Gasteiger partial charge < -0.3 is 4.90 Å². The Kier molecular flexibility index (Phi) is 5.34. The fourth-order valence-corrected chi connectivity index (χ4v) is 4.18. The smallest absolute Gasteiger partial charge is 0.253 e. The van der Waals surface area contributed by atoms with Crippen LogP contribution in [0.25, 0.3) is 0 Å². The molecule has 0 aliphatic carbocycles. The highest BCUT2D eigenvalue weighted by Gasteiger charge is 2.29. The van der Waals surface area contributed by atoms with E-state index in [4.69, 9.17) is 0 Å². The third-order valence-corrected chi connectivity index (χ3v) is 6.52. The van der Waals surface area contributed by atoms with E-state index in [0.717, 1.165) is 24.4 Å². The highest BCUT2D eigenvalue weighted by atomic mass is 32.2. The van der Waals surface area contributed by atoms with E-state index in [1.807, 2.05) is 36.2 Å². The Morgan fingerprint density at radius 3 is 2.27 bits per heavy atom. The van der Waals surface area contributed by atoms with E-state index in [1.54, 1.807) is 11.9 Å². The number of hydrazone groups is 1. The zero-order valence-electron chi connectivity index (χ0n) is 15.6. The van der Waals surface area contributed by atoms with Crippen molar-refractivity contribution in [3.05, 3.63) is 29.8 Å². The molecule has 1 aromatic rings. The highest BCUT2D eigenvalue weighted by molar-refractivity contribution is 7.88. The zero-order chi connectivity index (χ0) is 18.9. The van der Waals surface area contributed by atoms with Gasteiger partial charge in [-0.3, -0.25) is 9.80 Å². The molecular formula is C18H26N4O3S. The maximum Gasteiger partial charge on any atom is 0.253 e. The second-order valence-corrected chi connectivity index (χ2v) is 9.10. The fraction of sp³-hybridized carbons (Fsp3) is 0.556. The molecule has 0 radical (unpaired) electrons. The van der Waals surface area contributed by atoms with Crippen molar-refractivity contribution in [3.8, 4) is 0 Å². The van der Waals surface area contributed by atoms with E-state index in [9.17, 15) is 13.2 Å². The summed E-state index contributed by atoms with van der Waals surface area (Å²) in [6.07, 6.45) is 3.51. The van der Waals surface area contributed by atoms with Gasteiger partial charge in [-0.1, -0.05) is 0 Å². The molecule has 2 aliphatic heterocycles. The van der Waals surface area contributed by atoms with Crippen LogP contribution in [0.15, 0.2) is 29.4 Å². The summed E-state index contributed by atoms with van der Waals surface area (Å²) in [6, 6.07) is 7.51. The lowest BCUT2D eigenvalue weighted by molar-refractivity contribution is 0.0686. The zero-order valence-corrected chi connectivity index (χ0v) is 16.4. The molecule has 0 bridgehead atoms. The van der Waals surface area contributed by atoms with Gasteiger partial charge in [-0.2, -0.15) is 5.10 Å². The second kappa shape index (κ2) is 7.36. The van der Waals surface area contributed by atoms with Crippen LogP contribution >= 0.6 is 0 Å². The number of nitrogens with zero attached hydrogens (tertiary/aromatic N) is 4. The van der Waals surface area contributed by atoms with Crippen LogP contribution in [-0.4, -0.2) is 68.2 Å². The number of benzene rings is 1. The van der Waals surface area contributed by atoms with Crippen LogP contribution in [0.4, 0.5) is 5.69 Å². The van der Waals surface area contributed by atoms with Crippen molar-refractivity contribution in [1.29, 1.82) is 0 Å². The van der Waals surface area contributed by atoms with Crippen LogP contribution in [-0.2, 0) is 10.0 Å². The van der Waals surface area contributed by atoms with Crippen LogP contribution in [0.5, 0.6) is 0 Å².